The molecule has 0 aliphatic carbocycles. The molecular formula is C12H6ClN5O2. The van der Waals surface area contributed by atoms with E-state index in [1.165, 1.54) is 29.1 Å². The predicted octanol–water partition coefficient (Wildman–Crippen LogP) is 2.24. The highest BCUT2D eigenvalue weighted by molar-refractivity contribution is 6.31. The van der Waals surface area contributed by atoms with Gasteiger partial charge in [-0.3, -0.25) is 10.1 Å². The van der Waals surface area contributed by atoms with Gasteiger partial charge < -0.3 is 4.57 Å². The summed E-state index contributed by atoms with van der Waals surface area (Å²) in [5, 5.41) is 29.0. The van der Waals surface area contributed by atoms with Crippen LogP contribution in [0.25, 0.3) is 0 Å². The van der Waals surface area contributed by atoms with Crippen molar-refractivity contribution in [2.45, 2.75) is 6.54 Å². The number of aromatic nitrogens is 2. The number of nitro groups is 1. The molecule has 7 nitrogen and oxygen atoms in total. The molecular weight excluding hydrogens is 282 g/mol. The Morgan fingerprint density at radius 2 is 2.15 bits per heavy atom. The Hall–Kier alpha value is -2.90. The first-order valence-corrected chi connectivity index (χ1v) is 5.73. The van der Waals surface area contributed by atoms with Crippen molar-refractivity contribution >= 4 is 17.3 Å². The number of imidazole rings is 1. The van der Waals surface area contributed by atoms with Crippen molar-refractivity contribution < 1.29 is 4.92 Å². The molecule has 0 bridgehead atoms. The van der Waals surface area contributed by atoms with Crippen LogP contribution in [0.2, 0.25) is 5.02 Å². The summed E-state index contributed by atoms with van der Waals surface area (Å²) >= 11 is 5.97. The molecule has 0 aliphatic rings. The lowest BCUT2D eigenvalue weighted by Gasteiger charge is -2.07. The average molecular weight is 288 g/mol. The maximum atomic E-state index is 11.0. The van der Waals surface area contributed by atoms with Gasteiger partial charge in [0.05, 0.1) is 28.4 Å². The number of halogens is 1. The van der Waals surface area contributed by atoms with E-state index in [1.807, 2.05) is 6.07 Å². The van der Waals surface area contributed by atoms with Gasteiger partial charge in [0.1, 0.15) is 12.1 Å². The molecule has 0 atom stereocenters. The Balaban J connectivity index is 2.52. The van der Waals surface area contributed by atoms with E-state index in [9.17, 15) is 10.1 Å². The fourth-order valence-corrected chi connectivity index (χ4v) is 1.98. The zero-order valence-corrected chi connectivity index (χ0v) is 10.7. The summed E-state index contributed by atoms with van der Waals surface area (Å²) in [4.78, 5) is 14.2. The van der Waals surface area contributed by atoms with Gasteiger partial charge in [0, 0.05) is 6.07 Å². The Labute approximate surface area is 118 Å². The SMILES string of the molecule is N#Cc1ncn(Cc2c(Cl)cccc2[N+](=O)[O-])c1C#N. The van der Waals surface area contributed by atoms with Crippen molar-refractivity contribution in [1.82, 2.24) is 9.55 Å². The maximum absolute atomic E-state index is 11.0. The fourth-order valence-electron chi connectivity index (χ4n) is 1.75. The highest BCUT2D eigenvalue weighted by Gasteiger charge is 2.19. The normalized spacial score (nSPS) is 9.75. The van der Waals surface area contributed by atoms with Gasteiger partial charge in [-0.1, -0.05) is 17.7 Å². The molecule has 2 rings (SSSR count). The zero-order valence-electron chi connectivity index (χ0n) is 9.95. The number of hydrogen-bond acceptors (Lipinski definition) is 5. The first kappa shape index (κ1) is 13.5. The van der Waals surface area contributed by atoms with E-state index in [0.29, 0.717) is 0 Å². The third kappa shape index (κ3) is 2.30. The number of benzene rings is 1. The number of hydrogen-bond donors (Lipinski definition) is 0. The van der Waals surface area contributed by atoms with Crippen molar-refractivity contribution in [3.05, 3.63) is 56.6 Å². The summed E-state index contributed by atoms with van der Waals surface area (Å²) in [5.74, 6) is 0. The molecule has 0 saturated carbocycles. The molecule has 0 aliphatic heterocycles. The second-order valence-electron chi connectivity index (χ2n) is 3.79. The highest BCUT2D eigenvalue weighted by Crippen LogP contribution is 2.27. The molecule has 0 fully saturated rings. The molecule has 20 heavy (non-hydrogen) atoms. The molecule has 0 N–H and O–H groups in total. The Kier molecular flexibility index (Phi) is 3.65. The van der Waals surface area contributed by atoms with Crippen LogP contribution in [0, 0.1) is 32.8 Å². The molecule has 0 saturated heterocycles. The largest absolute Gasteiger partial charge is 0.316 e. The van der Waals surface area contributed by atoms with E-state index in [2.05, 4.69) is 4.98 Å². The third-order valence-electron chi connectivity index (χ3n) is 2.67. The van der Waals surface area contributed by atoms with E-state index in [0.717, 1.165) is 0 Å². The second kappa shape index (κ2) is 5.39. The number of nitro benzene ring substituents is 1. The highest BCUT2D eigenvalue weighted by atomic mass is 35.5. The second-order valence-corrected chi connectivity index (χ2v) is 4.20. The summed E-state index contributed by atoms with van der Waals surface area (Å²) in [6, 6.07) is 7.96. The van der Waals surface area contributed by atoms with E-state index in [1.54, 1.807) is 6.07 Å². The van der Waals surface area contributed by atoms with Crippen LogP contribution in [0.4, 0.5) is 5.69 Å². The molecule has 0 unspecified atom stereocenters. The van der Waals surface area contributed by atoms with Gasteiger partial charge in [0.2, 0.25) is 0 Å². The van der Waals surface area contributed by atoms with Gasteiger partial charge in [-0.2, -0.15) is 10.5 Å². The quantitative estimate of drug-likeness (QED) is 0.635. The van der Waals surface area contributed by atoms with E-state index in [4.69, 9.17) is 22.1 Å². The average Bonchev–Trinajstić information content (AvgIpc) is 2.82. The molecule has 1 aromatic carbocycles. The molecule has 2 aromatic rings. The molecule has 1 aromatic heterocycles. The molecule has 8 heteroatoms. The van der Waals surface area contributed by atoms with Crippen LogP contribution in [0.15, 0.2) is 24.5 Å². The van der Waals surface area contributed by atoms with Crippen LogP contribution in [0.5, 0.6) is 0 Å². The molecule has 1 heterocycles. The first-order valence-electron chi connectivity index (χ1n) is 5.35. The Morgan fingerprint density at radius 3 is 2.75 bits per heavy atom. The maximum Gasteiger partial charge on any atom is 0.275 e. The van der Waals surface area contributed by atoms with E-state index in [-0.39, 0.29) is 34.2 Å². The van der Waals surface area contributed by atoms with Crippen LogP contribution < -0.4 is 0 Å². The summed E-state index contributed by atoms with van der Waals surface area (Å²) in [5.41, 5.74) is 0.134. The van der Waals surface area contributed by atoms with Gasteiger partial charge in [-0.15, -0.1) is 0 Å². The standard InChI is InChI=1S/C12H6ClN5O2/c13-9-2-1-3-11(18(19)20)8(9)6-17-7-16-10(4-14)12(17)5-15/h1-3,7H,6H2. The Morgan fingerprint density at radius 1 is 1.40 bits per heavy atom. The van der Waals surface area contributed by atoms with Crippen molar-refractivity contribution in [2.75, 3.05) is 0 Å². The summed E-state index contributed by atoms with van der Waals surface area (Å²) < 4.78 is 1.35. The third-order valence-corrected chi connectivity index (χ3v) is 3.02. The van der Waals surface area contributed by atoms with Crippen LogP contribution in [-0.4, -0.2) is 14.5 Å². The smallest absolute Gasteiger partial charge is 0.275 e. The number of nitrogens with zero attached hydrogens (tertiary/aromatic N) is 5. The minimum Gasteiger partial charge on any atom is -0.316 e. The van der Waals surface area contributed by atoms with Gasteiger partial charge in [-0.05, 0) is 6.07 Å². The molecule has 0 amide bonds. The number of nitriles is 2. The van der Waals surface area contributed by atoms with Crippen molar-refractivity contribution in [2.24, 2.45) is 0 Å². The molecule has 0 spiro atoms. The van der Waals surface area contributed by atoms with Gasteiger partial charge in [0.15, 0.2) is 11.4 Å². The van der Waals surface area contributed by atoms with Gasteiger partial charge in [0.25, 0.3) is 5.69 Å². The summed E-state index contributed by atoms with van der Waals surface area (Å²) in [7, 11) is 0. The lowest BCUT2D eigenvalue weighted by atomic mass is 10.1. The van der Waals surface area contributed by atoms with Crippen molar-refractivity contribution in [3.63, 3.8) is 0 Å². The summed E-state index contributed by atoms with van der Waals surface area (Å²) in [6.45, 7) is -0.00639. The van der Waals surface area contributed by atoms with Crippen LogP contribution in [0.1, 0.15) is 17.0 Å². The van der Waals surface area contributed by atoms with Crippen LogP contribution >= 0.6 is 11.6 Å². The minimum absolute atomic E-state index is 0.00639. The van der Waals surface area contributed by atoms with E-state index >= 15 is 0 Å². The summed E-state index contributed by atoms with van der Waals surface area (Å²) in [6.07, 6.45) is 1.28. The minimum atomic E-state index is -0.546. The Bertz CT molecular complexity index is 769. The molecule has 0 radical (unpaired) electrons. The molecule has 98 valence electrons. The van der Waals surface area contributed by atoms with Crippen LogP contribution in [0.3, 0.4) is 0 Å². The fraction of sp³-hybridized carbons (Fsp3) is 0.0833. The van der Waals surface area contributed by atoms with Gasteiger partial charge >= 0.3 is 0 Å². The monoisotopic (exact) mass is 287 g/mol. The van der Waals surface area contributed by atoms with Crippen LogP contribution in [-0.2, 0) is 6.54 Å². The van der Waals surface area contributed by atoms with E-state index < -0.39 is 4.92 Å². The lowest BCUT2D eigenvalue weighted by Crippen LogP contribution is -2.05. The lowest BCUT2D eigenvalue weighted by molar-refractivity contribution is -0.385. The van der Waals surface area contributed by atoms with Crippen molar-refractivity contribution in [1.29, 1.82) is 10.5 Å². The topological polar surface area (TPSA) is 109 Å². The van der Waals surface area contributed by atoms with Crippen molar-refractivity contribution in [3.8, 4) is 12.1 Å². The van der Waals surface area contributed by atoms with Gasteiger partial charge in [-0.25, -0.2) is 4.98 Å². The number of rotatable bonds is 3. The zero-order chi connectivity index (χ0) is 14.7. The predicted molar refractivity (Wildman–Crippen MR) is 68.9 cm³/mol. The first-order chi connectivity index (χ1) is 9.58.